The van der Waals surface area contributed by atoms with Gasteiger partial charge in [0.15, 0.2) is 23.1 Å². The number of aromatic nitrogens is 4. The van der Waals surface area contributed by atoms with Crippen LogP contribution in [-0.2, 0) is 99.6 Å². The van der Waals surface area contributed by atoms with Crippen LogP contribution in [0.1, 0.15) is 128 Å². The van der Waals surface area contributed by atoms with Gasteiger partial charge in [-0.15, -0.1) is 140 Å². The Hall–Kier alpha value is -8.95. The quantitative estimate of drug-likeness (QED) is 0.0462. The Morgan fingerprint density at radius 1 is 0.363 bits per heavy atom. The first-order chi connectivity index (χ1) is 51.0. The van der Waals surface area contributed by atoms with E-state index in [0.29, 0.717) is 0 Å². The number of aliphatic hydroxyl groups excluding tert-OH is 4. The Morgan fingerprint density at radius 3 is 1.19 bits per heavy atom. The first kappa shape index (κ1) is 102. The zero-order chi connectivity index (χ0) is 81.3. The van der Waals surface area contributed by atoms with Crippen molar-refractivity contribution >= 4 is 79.9 Å². The van der Waals surface area contributed by atoms with Crippen molar-refractivity contribution in [3.63, 3.8) is 0 Å². The molecule has 4 radical (unpaired) electrons. The fourth-order valence-electron chi connectivity index (χ4n) is 12.2. The number of carbonyl (C=O) groups is 4. The van der Waals surface area contributed by atoms with Gasteiger partial charge < -0.3 is 25.4 Å². The molecular weight excluding hydrogens is 2130 g/mol. The molecule has 17 heteroatoms. The Labute approximate surface area is 725 Å². The third-order valence-corrected chi connectivity index (χ3v) is 18.4. The van der Waals surface area contributed by atoms with Crippen molar-refractivity contribution in [2.75, 3.05) is 0 Å². The van der Waals surface area contributed by atoms with Crippen LogP contribution in [-0.4, -0.2) is 71.6 Å². The summed E-state index contributed by atoms with van der Waals surface area (Å²) in [6, 6.07) is 67.1. The predicted octanol–water partition coefficient (Wildman–Crippen LogP) is 23.5. The van der Waals surface area contributed by atoms with Gasteiger partial charge in [-0.2, -0.15) is 0 Å². The molecular formula is C96H106Ir4N4O8Si-4. The van der Waals surface area contributed by atoms with Crippen molar-refractivity contribution in [1.82, 2.24) is 19.9 Å². The van der Waals surface area contributed by atoms with Crippen LogP contribution < -0.4 is 5.19 Å². The molecule has 4 N–H and O–H groups in total. The van der Waals surface area contributed by atoms with E-state index in [1.165, 1.54) is 167 Å². The molecule has 0 unspecified atom stereocenters. The normalized spacial score (nSPS) is 10.9. The van der Waals surface area contributed by atoms with Crippen molar-refractivity contribution in [3.05, 3.63) is 302 Å². The number of allylic oxidation sites excluding steroid dienone is 8. The molecule has 0 aliphatic heterocycles. The van der Waals surface area contributed by atoms with Crippen LogP contribution in [0.25, 0.3) is 88.5 Å². The molecule has 4 aromatic heterocycles. The summed E-state index contributed by atoms with van der Waals surface area (Å²) in [5.41, 5.74) is 27.6. The van der Waals surface area contributed by atoms with E-state index in [1.807, 2.05) is 18.3 Å². The Bertz CT molecular complexity index is 5240. The molecule has 12 aromatic rings. The van der Waals surface area contributed by atoms with Crippen LogP contribution in [0.5, 0.6) is 0 Å². The molecule has 12 nitrogen and oxygen atoms in total. The van der Waals surface area contributed by atoms with E-state index in [0.717, 1.165) is 78.3 Å². The number of hydrogen-bond acceptors (Lipinski definition) is 12. The summed E-state index contributed by atoms with van der Waals surface area (Å²) in [6.07, 6.45) is 6.60. The van der Waals surface area contributed by atoms with E-state index in [-0.39, 0.29) is 127 Å². The summed E-state index contributed by atoms with van der Waals surface area (Å²) in [7, 11) is -1.28. The summed E-state index contributed by atoms with van der Waals surface area (Å²) in [4.78, 5) is 59.2. The van der Waals surface area contributed by atoms with Gasteiger partial charge in [-0.25, -0.2) is 0 Å². The molecule has 12 rings (SSSR count). The third kappa shape index (κ3) is 34.7. The fourth-order valence-corrected chi connectivity index (χ4v) is 13.4. The zero-order valence-electron chi connectivity index (χ0n) is 69.4. The van der Waals surface area contributed by atoms with Gasteiger partial charge in [-0.1, -0.05) is 158 Å². The largest absolute Gasteiger partial charge is 0.512 e. The van der Waals surface area contributed by atoms with Crippen LogP contribution in [0.15, 0.2) is 205 Å². The van der Waals surface area contributed by atoms with Crippen molar-refractivity contribution in [2.24, 2.45) is 0 Å². The Balaban J connectivity index is 0.000000671. The number of benzene rings is 8. The molecule has 602 valence electrons. The van der Waals surface area contributed by atoms with E-state index in [9.17, 15) is 19.2 Å². The number of aryl methyl sites for hydroxylation is 13. The smallest absolute Gasteiger partial charge is 0.155 e. The fraction of sp³-hybridized carbons (Fsp3) is 0.250. The predicted molar refractivity (Wildman–Crippen MR) is 457 cm³/mol. The molecule has 0 fully saturated rings. The number of ketones is 4. The number of pyridine rings is 4. The molecule has 0 atom stereocenters. The first-order valence-corrected chi connectivity index (χ1v) is 39.6. The van der Waals surface area contributed by atoms with Crippen LogP contribution in [0.4, 0.5) is 0 Å². The molecule has 113 heavy (non-hydrogen) atoms. The summed E-state index contributed by atoms with van der Waals surface area (Å²) in [6.45, 7) is 46.0. The van der Waals surface area contributed by atoms with Gasteiger partial charge in [0, 0.05) is 122 Å². The molecule has 8 aromatic carbocycles. The average Bonchev–Trinajstić information content (AvgIpc) is 0.803. The van der Waals surface area contributed by atoms with Gasteiger partial charge in [0.25, 0.3) is 0 Å². The summed E-state index contributed by atoms with van der Waals surface area (Å²) < 4.78 is 0. The number of hydrogen-bond donors (Lipinski definition) is 4. The minimum Gasteiger partial charge on any atom is -0.512 e. The summed E-state index contributed by atoms with van der Waals surface area (Å²) in [5, 5.41) is 41.1. The minimum absolute atomic E-state index is 0. The van der Waals surface area contributed by atoms with Crippen molar-refractivity contribution < 1.29 is 120 Å². The molecule has 0 amide bonds. The standard InChI is InChI=1S/C20H22NSi.C20H20N.C19H18N.C17H14N.4C5H8O2.4Ir/c1-14-10-15(2)12-17(11-14)20-8-6-16-13-18(22(3,4)5)7-9-19(16)21-20;1-12-6-13(2)9-17(8-12)18-11-16(5)20-15(4)7-14(3)10-19(20)21-18;1-12-7-13(2)10-16(9-12)18-6-5-17-15(4)8-14(3)11-19(17)20-18;1-12-6-5-8-14(10-12)17-13(2)16-9-4-3-7-15(16)11-18-17;4*1-4(6)3-5(2)7;;;;/h6-11,13H,1-5H3;6-8,10-11H,1-5H3;5-9,11H,1-4H3;3-7,9-11H,1-2H3;4*3,6H,1-2H3;;;;/q4*-1;;;;;;;;. The number of aliphatic hydroxyl groups is 4. The molecule has 0 aliphatic rings. The Morgan fingerprint density at radius 2 is 0.761 bits per heavy atom. The van der Waals surface area contributed by atoms with Gasteiger partial charge in [-0.3, -0.25) is 34.1 Å². The van der Waals surface area contributed by atoms with Gasteiger partial charge in [0.05, 0.1) is 47.7 Å². The monoisotopic (exact) mass is 2240 g/mol. The van der Waals surface area contributed by atoms with Crippen LogP contribution in [0.3, 0.4) is 0 Å². The summed E-state index contributed by atoms with van der Waals surface area (Å²) >= 11 is 0. The van der Waals surface area contributed by atoms with Crippen molar-refractivity contribution in [1.29, 1.82) is 0 Å². The van der Waals surface area contributed by atoms with Crippen molar-refractivity contribution in [2.45, 2.75) is 165 Å². The van der Waals surface area contributed by atoms with Crippen LogP contribution in [0.2, 0.25) is 19.6 Å². The van der Waals surface area contributed by atoms with Gasteiger partial charge >= 0.3 is 0 Å². The number of fused-ring (bicyclic) bond motifs is 4. The van der Waals surface area contributed by atoms with E-state index in [1.54, 1.807) is 0 Å². The maximum Gasteiger partial charge on any atom is 0.155 e. The number of carbonyl (C=O) groups excluding carboxylic acids is 4. The molecule has 0 bridgehead atoms. The molecule has 0 saturated heterocycles. The molecule has 4 heterocycles. The van der Waals surface area contributed by atoms with E-state index < -0.39 is 8.07 Å². The number of rotatable bonds is 9. The molecule has 0 aliphatic carbocycles. The van der Waals surface area contributed by atoms with E-state index in [2.05, 4.69) is 278 Å². The second-order valence-electron chi connectivity index (χ2n) is 28.9. The van der Waals surface area contributed by atoms with E-state index in [4.69, 9.17) is 35.4 Å². The van der Waals surface area contributed by atoms with Gasteiger partial charge in [-0.05, 0) is 182 Å². The summed E-state index contributed by atoms with van der Waals surface area (Å²) in [5.74, 6) is -0.250. The van der Waals surface area contributed by atoms with E-state index >= 15 is 0 Å². The van der Waals surface area contributed by atoms with Gasteiger partial charge in [0.2, 0.25) is 0 Å². The third-order valence-electron chi connectivity index (χ3n) is 16.3. The molecule has 0 saturated carbocycles. The number of nitrogens with zero attached hydrogens (tertiary/aromatic N) is 4. The molecule has 0 spiro atoms. The second-order valence-corrected chi connectivity index (χ2v) is 34.0. The average molecular weight is 2240 g/mol. The minimum atomic E-state index is -1.28. The maximum atomic E-state index is 10.0. The van der Waals surface area contributed by atoms with Gasteiger partial charge in [0.1, 0.15) is 0 Å². The maximum absolute atomic E-state index is 10.0. The first-order valence-electron chi connectivity index (χ1n) is 36.1. The topological polar surface area (TPSA) is 201 Å². The van der Waals surface area contributed by atoms with Crippen molar-refractivity contribution in [3.8, 4) is 45.0 Å². The van der Waals surface area contributed by atoms with Crippen LogP contribution in [0, 0.1) is 114 Å². The second kappa shape index (κ2) is 48.3. The van der Waals surface area contributed by atoms with Crippen LogP contribution >= 0.6 is 0 Å². The SMILES string of the molecule is CC(=O)C=C(C)O.CC(=O)C=C(C)O.CC(=O)C=C(C)O.CC(=O)C=C(C)O.Cc1[c-]c(-c2cc(C)c3c(C)cc(C)cc3n2)cc(C)c1.Cc1[c-]c(-c2ccc3c(C)cc(C)cc3n2)cc(C)c1.Cc1[c-]c(-c2ccc3cc([Si](C)(C)C)ccc3n2)cc(C)c1.Cc1cc[c-]c(-c2ncc3ccccc3c2C)c1.[Ir].[Ir].[Ir].[Ir]. The Kier molecular flexibility index (Phi) is 43.6. The zero-order valence-corrected chi connectivity index (χ0v) is 79.9.